The molecule has 0 unspecified atom stereocenters. The minimum Gasteiger partial charge on any atom is -0.478 e. The summed E-state index contributed by atoms with van der Waals surface area (Å²) in [6.07, 6.45) is 0. The number of carbonyl (C=O) groups excluding carboxylic acids is 1. The maximum Gasteiger partial charge on any atom is 0.335 e. The van der Waals surface area contributed by atoms with Gasteiger partial charge >= 0.3 is 5.97 Å². The van der Waals surface area contributed by atoms with Crippen molar-refractivity contribution in [3.63, 3.8) is 0 Å². The van der Waals surface area contributed by atoms with Gasteiger partial charge in [0.2, 0.25) is 0 Å². The first-order valence-corrected chi connectivity index (χ1v) is 6.36. The number of carboxylic acid groups (broad SMARTS) is 1. The smallest absolute Gasteiger partial charge is 0.335 e. The van der Waals surface area contributed by atoms with Crippen LogP contribution in [0.25, 0.3) is 0 Å². The van der Waals surface area contributed by atoms with Crippen LogP contribution < -0.4 is 5.32 Å². The Labute approximate surface area is 122 Å². The molecule has 1 amide bonds. The van der Waals surface area contributed by atoms with E-state index in [4.69, 9.17) is 5.11 Å². The number of carbonyl (C=O) groups is 2. The molecule has 4 nitrogen and oxygen atoms in total. The minimum atomic E-state index is -1.12. The maximum atomic E-state index is 13.1. The Morgan fingerprint density at radius 1 is 1.10 bits per heavy atom. The van der Waals surface area contributed by atoms with Crippen molar-refractivity contribution < 1.29 is 19.1 Å². The summed E-state index contributed by atoms with van der Waals surface area (Å²) in [6, 6.07) is 9.49. The highest BCUT2D eigenvalue weighted by Crippen LogP contribution is 2.23. The fourth-order valence-corrected chi connectivity index (χ4v) is 1.93. The average molecular weight is 338 g/mol. The van der Waals surface area contributed by atoms with Crippen LogP contribution in [-0.2, 0) is 0 Å². The van der Waals surface area contributed by atoms with Gasteiger partial charge in [0.05, 0.1) is 11.3 Å². The Kier molecular flexibility index (Phi) is 4.14. The van der Waals surface area contributed by atoms with E-state index in [0.29, 0.717) is 4.47 Å². The second-order valence-electron chi connectivity index (χ2n) is 3.96. The van der Waals surface area contributed by atoms with Crippen molar-refractivity contribution in [2.75, 3.05) is 5.32 Å². The minimum absolute atomic E-state index is 0.0101. The van der Waals surface area contributed by atoms with Crippen molar-refractivity contribution >= 4 is 33.5 Å². The number of nitrogens with one attached hydrogen (secondary N) is 1. The zero-order valence-corrected chi connectivity index (χ0v) is 11.6. The van der Waals surface area contributed by atoms with Gasteiger partial charge in [-0.25, -0.2) is 9.18 Å². The Morgan fingerprint density at radius 2 is 1.80 bits per heavy atom. The zero-order valence-electron chi connectivity index (χ0n) is 10.1. The molecular formula is C14H9BrFNO3. The van der Waals surface area contributed by atoms with Gasteiger partial charge in [0.25, 0.3) is 5.91 Å². The lowest BCUT2D eigenvalue weighted by molar-refractivity contribution is 0.0697. The average Bonchev–Trinajstić information content (AvgIpc) is 2.43. The second-order valence-corrected chi connectivity index (χ2v) is 4.82. The molecule has 0 spiro atoms. The largest absolute Gasteiger partial charge is 0.478 e. The van der Waals surface area contributed by atoms with Gasteiger partial charge in [-0.1, -0.05) is 6.07 Å². The van der Waals surface area contributed by atoms with E-state index in [1.165, 1.54) is 42.5 Å². The van der Waals surface area contributed by atoms with Crippen LogP contribution in [0.2, 0.25) is 0 Å². The monoisotopic (exact) mass is 337 g/mol. The third-order valence-corrected chi connectivity index (χ3v) is 3.24. The third-order valence-electron chi connectivity index (χ3n) is 2.55. The summed E-state index contributed by atoms with van der Waals surface area (Å²) in [6.45, 7) is 0. The number of rotatable bonds is 3. The molecule has 0 aliphatic heterocycles. The van der Waals surface area contributed by atoms with Crippen LogP contribution in [0.5, 0.6) is 0 Å². The fraction of sp³-hybridized carbons (Fsp3) is 0. The van der Waals surface area contributed by atoms with Crippen LogP contribution in [0.4, 0.5) is 10.1 Å². The number of carboxylic acids is 1. The summed E-state index contributed by atoms with van der Waals surface area (Å²) < 4.78 is 13.6. The Morgan fingerprint density at radius 3 is 2.50 bits per heavy atom. The zero-order chi connectivity index (χ0) is 14.7. The molecule has 2 aromatic rings. The molecule has 0 aliphatic carbocycles. The fourth-order valence-electron chi connectivity index (χ4n) is 1.58. The number of amides is 1. The first kappa shape index (κ1) is 14.2. The normalized spacial score (nSPS) is 10.1. The van der Waals surface area contributed by atoms with E-state index in [1.54, 1.807) is 0 Å². The number of anilines is 1. The molecule has 20 heavy (non-hydrogen) atoms. The first-order valence-electron chi connectivity index (χ1n) is 5.57. The van der Waals surface area contributed by atoms with Gasteiger partial charge in [0.1, 0.15) is 5.82 Å². The summed E-state index contributed by atoms with van der Waals surface area (Å²) in [7, 11) is 0. The molecule has 102 valence electrons. The van der Waals surface area contributed by atoms with Gasteiger partial charge in [-0.3, -0.25) is 4.79 Å². The summed E-state index contributed by atoms with van der Waals surface area (Å²) in [5, 5.41) is 11.4. The lowest BCUT2D eigenvalue weighted by atomic mass is 10.1. The Balaban J connectivity index is 2.26. The van der Waals surface area contributed by atoms with E-state index in [1.807, 2.05) is 0 Å². The number of aromatic carboxylic acids is 1. The van der Waals surface area contributed by atoms with E-state index >= 15 is 0 Å². The van der Waals surface area contributed by atoms with Crippen molar-refractivity contribution in [1.29, 1.82) is 0 Å². The Hall–Kier alpha value is -2.21. The highest BCUT2D eigenvalue weighted by molar-refractivity contribution is 9.10. The van der Waals surface area contributed by atoms with Gasteiger partial charge in [0.15, 0.2) is 0 Å². The molecule has 0 aromatic heterocycles. The van der Waals surface area contributed by atoms with Crippen LogP contribution in [0.3, 0.4) is 0 Å². The summed E-state index contributed by atoms with van der Waals surface area (Å²) in [5.74, 6) is -2.12. The molecule has 2 N–H and O–H groups in total. The molecule has 6 heteroatoms. The Bertz CT molecular complexity index is 688. The molecule has 2 rings (SSSR count). The number of hydrogen-bond donors (Lipinski definition) is 2. The third kappa shape index (κ3) is 3.21. The SMILES string of the molecule is O=C(O)c1cccc(C(=O)Nc2cc(F)ccc2Br)c1. The standard InChI is InChI=1S/C14H9BrFNO3/c15-11-5-4-10(16)7-12(11)17-13(18)8-2-1-3-9(6-8)14(19)20/h1-7H,(H,17,18)(H,19,20). The molecule has 0 fully saturated rings. The van der Waals surface area contributed by atoms with Crippen LogP contribution in [0.1, 0.15) is 20.7 Å². The van der Waals surface area contributed by atoms with E-state index in [2.05, 4.69) is 21.2 Å². The van der Waals surface area contributed by atoms with Gasteiger partial charge in [-0.05, 0) is 52.3 Å². The van der Waals surface area contributed by atoms with Crippen LogP contribution in [0, 0.1) is 5.82 Å². The second kappa shape index (κ2) is 5.83. The number of hydrogen-bond acceptors (Lipinski definition) is 2. The molecular weight excluding hydrogens is 329 g/mol. The molecule has 0 saturated carbocycles. The van der Waals surface area contributed by atoms with E-state index in [9.17, 15) is 14.0 Å². The van der Waals surface area contributed by atoms with Gasteiger partial charge in [-0.2, -0.15) is 0 Å². The van der Waals surface area contributed by atoms with Crippen molar-refractivity contribution in [3.05, 3.63) is 63.9 Å². The number of benzene rings is 2. The summed E-state index contributed by atoms with van der Waals surface area (Å²) >= 11 is 3.19. The number of halogens is 2. The predicted molar refractivity (Wildman–Crippen MR) is 75.5 cm³/mol. The van der Waals surface area contributed by atoms with Crippen molar-refractivity contribution in [2.45, 2.75) is 0 Å². The lowest BCUT2D eigenvalue weighted by Crippen LogP contribution is -2.13. The molecule has 0 radical (unpaired) electrons. The van der Waals surface area contributed by atoms with E-state index in [-0.39, 0.29) is 16.8 Å². The molecule has 0 aliphatic rings. The van der Waals surface area contributed by atoms with Crippen molar-refractivity contribution in [1.82, 2.24) is 0 Å². The van der Waals surface area contributed by atoms with Crippen LogP contribution in [-0.4, -0.2) is 17.0 Å². The van der Waals surface area contributed by atoms with Crippen LogP contribution >= 0.6 is 15.9 Å². The lowest BCUT2D eigenvalue weighted by Gasteiger charge is -2.08. The maximum absolute atomic E-state index is 13.1. The van der Waals surface area contributed by atoms with Crippen LogP contribution in [0.15, 0.2) is 46.9 Å². The topological polar surface area (TPSA) is 66.4 Å². The van der Waals surface area contributed by atoms with Gasteiger partial charge in [-0.15, -0.1) is 0 Å². The van der Waals surface area contributed by atoms with E-state index < -0.39 is 17.7 Å². The molecule has 0 saturated heterocycles. The summed E-state index contributed by atoms with van der Waals surface area (Å²) in [5.41, 5.74) is 0.466. The molecule has 0 atom stereocenters. The highest BCUT2D eigenvalue weighted by atomic mass is 79.9. The summed E-state index contributed by atoms with van der Waals surface area (Å²) in [4.78, 5) is 22.8. The first-order chi connectivity index (χ1) is 9.47. The molecule has 2 aromatic carbocycles. The van der Waals surface area contributed by atoms with Crippen molar-refractivity contribution in [3.8, 4) is 0 Å². The van der Waals surface area contributed by atoms with Gasteiger partial charge in [0, 0.05) is 10.0 Å². The predicted octanol–water partition coefficient (Wildman–Crippen LogP) is 3.54. The van der Waals surface area contributed by atoms with Crippen molar-refractivity contribution in [2.24, 2.45) is 0 Å². The molecule has 0 heterocycles. The quantitative estimate of drug-likeness (QED) is 0.900. The van der Waals surface area contributed by atoms with Gasteiger partial charge < -0.3 is 10.4 Å². The highest BCUT2D eigenvalue weighted by Gasteiger charge is 2.11. The van der Waals surface area contributed by atoms with E-state index in [0.717, 1.165) is 0 Å². The molecule has 0 bridgehead atoms.